The number of thiophene rings is 1. The molecule has 0 unspecified atom stereocenters. The van der Waals surface area contributed by atoms with E-state index < -0.39 is 0 Å². The predicted molar refractivity (Wildman–Crippen MR) is 91.8 cm³/mol. The van der Waals surface area contributed by atoms with Crippen LogP contribution in [0.15, 0.2) is 35.2 Å². The van der Waals surface area contributed by atoms with Gasteiger partial charge in [-0.05, 0) is 30.9 Å². The molecule has 108 valence electrons. The van der Waals surface area contributed by atoms with Crippen LogP contribution in [0.5, 0.6) is 0 Å². The molecule has 6 heteroatoms. The number of benzene rings is 1. The molecule has 0 fully saturated rings. The summed E-state index contributed by atoms with van der Waals surface area (Å²) >= 11 is 3.47. The van der Waals surface area contributed by atoms with Gasteiger partial charge in [0.25, 0.3) is 0 Å². The van der Waals surface area contributed by atoms with E-state index in [2.05, 4.69) is 59.6 Å². The van der Waals surface area contributed by atoms with E-state index in [4.69, 9.17) is 5.84 Å². The number of nitrogen functional groups attached to an aromatic ring is 1. The van der Waals surface area contributed by atoms with Crippen molar-refractivity contribution in [2.24, 2.45) is 5.84 Å². The van der Waals surface area contributed by atoms with Crippen LogP contribution >= 0.6 is 23.1 Å². The first-order chi connectivity index (χ1) is 10.2. The lowest BCUT2D eigenvalue weighted by Crippen LogP contribution is -2.09. The summed E-state index contributed by atoms with van der Waals surface area (Å²) in [4.78, 5) is 12.6. The van der Waals surface area contributed by atoms with Gasteiger partial charge in [0, 0.05) is 15.3 Å². The Labute approximate surface area is 131 Å². The second kappa shape index (κ2) is 6.01. The molecule has 0 spiro atoms. The third-order valence-corrected chi connectivity index (χ3v) is 4.91. The minimum Gasteiger partial charge on any atom is -0.308 e. The average Bonchev–Trinajstić information content (AvgIpc) is 2.87. The number of rotatable bonds is 4. The van der Waals surface area contributed by atoms with Crippen molar-refractivity contribution in [1.29, 1.82) is 0 Å². The monoisotopic (exact) mass is 316 g/mol. The summed E-state index contributed by atoms with van der Waals surface area (Å²) in [6.07, 6.45) is 0. The van der Waals surface area contributed by atoms with Gasteiger partial charge in [-0.15, -0.1) is 23.1 Å². The van der Waals surface area contributed by atoms with Crippen molar-refractivity contribution in [3.63, 3.8) is 0 Å². The van der Waals surface area contributed by atoms with Crippen molar-refractivity contribution in [2.45, 2.75) is 18.7 Å². The maximum absolute atomic E-state index is 5.60. The van der Waals surface area contributed by atoms with Crippen molar-refractivity contribution < 1.29 is 0 Å². The lowest BCUT2D eigenvalue weighted by molar-refractivity contribution is 1.19. The van der Waals surface area contributed by atoms with Crippen LogP contribution in [-0.4, -0.2) is 15.7 Å². The summed E-state index contributed by atoms with van der Waals surface area (Å²) in [5.74, 6) is 8.04. The molecule has 0 aliphatic rings. The standard InChI is InChI=1S/C15H16N4S2/c1-3-20-11-6-4-10(5-7-11)13-17-14(19-16)12-8-9(2)21-15(12)18-13/h4-8H,3,16H2,1-2H3,(H,17,18,19). The number of hydrogen-bond donors (Lipinski definition) is 2. The van der Waals surface area contributed by atoms with Crippen molar-refractivity contribution in [3.8, 4) is 11.4 Å². The topological polar surface area (TPSA) is 63.8 Å². The molecule has 4 nitrogen and oxygen atoms in total. The molecule has 2 heterocycles. The molecule has 0 radical (unpaired) electrons. The molecular weight excluding hydrogens is 300 g/mol. The minimum absolute atomic E-state index is 0.673. The third-order valence-electron chi connectivity index (χ3n) is 3.08. The Morgan fingerprint density at radius 1 is 1.24 bits per heavy atom. The molecule has 0 bridgehead atoms. The molecule has 0 saturated heterocycles. The van der Waals surface area contributed by atoms with Gasteiger partial charge in [-0.3, -0.25) is 0 Å². The molecular formula is C15H16N4S2. The van der Waals surface area contributed by atoms with Gasteiger partial charge in [-0.25, -0.2) is 15.8 Å². The maximum Gasteiger partial charge on any atom is 0.163 e. The summed E-state index contributed by atoms with van der Waals surface area (Å²) in [6, 6.07) is 10.4. The van der Waals surface area contributed by atoms with Crippen molar-refractivity contribution in [3.05, 3.63) is 35.2 Å². The number of fused-ring (bicyclic) bond motifs is 1. The first-order valence-electron chi connectivity index (χ1n) is 6.69. The summed E-state index contributed by atoms with van der Waals surface area (Å²) in [5, 5.41) is 0.974. The molecule has 0 saturated carbocycles. The number of hydrazine groups is 1. The number of nitrogens with zero attached hydrogens (tertiary/aromatic N) is 2. The van der Waals surface area contributed by atoms with Crippen LogP contribution in [0.25, 0.3) is 21.6 Å². The predicted octanol–water partition coefficient (Wildman–Crippen LogP) is 4.06. The van der Waals surface area contributed by atoms with Gasteiger partial charge in [0.2, 0.25) is 0 Å². The number of hydrogen-bond acceptors (Lipinski definition) is 6. The summed E-state index contributed by atoms with van der Waals surface area (Å²) in [6.45, 7) is 4.21. The second-order valence-electron chi connectivity index (χ2n) is 4.57. The highest BCUT2D eigenvalue weighted by Crippen LogP contribution is 2.31. The van der Waals surface area contributed by atoms with Gasteiger partial charge in [0.1, 0.15) is 4.83 Å². The molecule has 0 amide bonds. The Bertz CT molecular complexity index is 765. The van der Waals surface area contributed by atoms with Crippen LogP contribution in [0.4, 0.5) is 5.82 Å². The molecule has 0 aliphatic heterocycles. The quantitative estimate of drug-likeness (QED) is 0.432. The number of nitrogens with two attached hydrogens (primary N) is 1. The maximum atomic E-state index is 5.60. The largest absolute Gasteiger partial charge is 0.308 e. The van der Waals surface area contributed by atoms with E-state index in [1.807, 2.05) is 11.8 Å². The summed E-state index contributed by atoms with van der Waals surface area (Å²) < 4.78 is 0. The normalized spacial score (nSPS) is 11.0. The van der Waals surface area contributed by atoms with Crippen molar-refractivity contribution in [2.75, 3.05) is 11.2 Å². The molecule has 1 aromatic carbocycles. The Hall–Kier alpha value is -1.63. The molecule has 3 rings (SSSR count). The molecule has 3 aromatic rings. The fourth-order valence-corrected chi connectivity index (χ4v) is 3.69. The van der Waals surface area contributed by atoms with Crippen LogP contribution in [0, 0.1) is 6.92 Å². The Morgan fingerprint density at radius 2 is 2.00 bits per heavy atom. The molecule has 2 aromatic heterocycles. The van der Waals surface area contributed by atoms with Crippen molar-refractivity contribution in [1.82, 2.24) is 9.97 Å². The van der Waals surface area contributed by atoms with E-state index in [0.29, 0.717) is 11.6 Å². The summed E-state index contributed by atoms with van der Waals surface area (Å²) in [7, 11) is 0. The number of thioether (sulfide) groups is 1. The molecule has 3 N–H and O–H groups in total. The van der Waals surface area contributed by atoms with Crippen molar-refractivity contribution >= 4 is 39.1 Å². The van der Waals surface area contributed by atoms with Gasteiger partial charge in [-0.2, -0.15) is 0 Å². The zero-order valence-corrected chi connectivity index (χ0v) is 13.5. The smallest absolute Gasteiger partial charge is 0.163 e. The van der Waals surface area contributed by atoms with Gasteiger partial charge >= 0.3 is 0 Å². The van der Waals surface area contributed by atoms with E-state index in [-0.39, 0.29) is 0 Å². The van der Waals surface area contributed by atoms with Crippen LogP contribution in [0.1, 0.15) is 11.8 Å². The van der Waals surface area contributed by atoms with Crippen LogP contribution in [-0.2, 0) is 0 Å². The van der Waals surface area contributed by atoms with Gasteiger partial charge in [-0.1, -0.05) is 19.1 Å². The highest BCUT2D eigenvalue weighted by molar-refractivity contribution is 7.99. The highest BCUT2D eigenvalue weighted by Gasteiger charge is 2.11. The van der Waals surface area contributed by atoms with Crippen LogP contribution in [0.3, 0.4) is 0 Å². The Kier molecular flexibility index (Phi) is 4.10. The lowest BCUT2D eigenvalue weighted by atomic mass is 10.2. The number of aryl methyl sites for hydroxylation is 1. The number of aromatic nitrogens is 2. The van der Waals surface area contributed by atoms with E-state index in [0.717, 1.165) is 21.5 Å². The molecule has 0 atom stereocenters. The van der Waals surface area contributed by atoms with Crippen LogP contribution in [0.2, 0.25) is 0 Å². The minimum atomic E-state index is 0.673. The first kappa shape index (κ1) is 14.3. The molecule has 21 heavy (non-hydrogen) atoms. The number of nitrogens with one attached hydrogen (secondary N) is 1. The average molecular weight is 316 g/mol. The SMILES string of the molecule is CCSc1ccc(-c2nc(NN)c3cc(C)sc3n2)cc1. The second-order valence-corrected chi connectivity index (χ2v) is 7.15. The van der Waals surface area contributed by atoms with Gasteiger partial charge in [0.05, 0.1) is 5.39 Å². The van der Waals surface area contributed by atoms with Crippen LogP contribution < -0.4 is 11.3 Å². The fraction of sp³-hybridized carbons (Fsp3) is 0.200. The third kappa shape index (κ3) is 2.88. The highest BCUT2D eigenvalue weighted by atomic mass is 32.2. The Balaban J connectivity index is 2.06. The zero-order valence-electron chi connectivity index (χ0n) is 11.9. The van der Waals surface area contributed by atoms with E-state index in [9.17, 15) is 0 Å². The van der Waals surface area contributed by atoms with E-state index in [1.54, 1.807) is 11.3 Å². The van der Waals surface area contributed by atoms with E-state index in [1.165, 1.54) is 9.77 Å². The molecule has 0 aliphatic carbocycles. The fourth-order valence-electron chi connectivity index (χ4n) is 2.15. The summed E-state index contributed by atoms with van der Waals surface area (Å²) in [5.41, 5.74) is 3.68. The Morgan fingerprint density at radius 3 is 2.67 bits per heavy atom. The lowest BCUT2D eigenvalue weighted by Gasteiger charge is -2.06. The van der Waals surface area contributed by atoms with Gasteiger partial charge in [0.15, 0.2) is 11.6 Å². The number of anilines is 1. The van der Waals surface area contributed by atoms with Gasteiger partial charge < -0.3 is 5.43 Å². The zero-order chi connectivity index (χ0) is 14.8. The van der Waals surface area contributed by atoms with E-state index >= 15 is 0 Å². The first-order valence-corrected chi connectivity index (χ1v) is 8.49.